The first-order valence-corrected chi connectivity index (χ1v) is 8.61. The first-order chi connectivity index (χ1) is 13.4. The molecule has 0 amide bonds. The molecule has 1 aliphatic rings. The Morgan fingerprint density at radius 1 is 1.07 bits per heavy atom. The lowest BCUT2D eigenvalue weighted by Gasteiger charge is -2.22. The van der Waals surface area contributed by atoms with Crippen LogP contribution in [-0.2, 0) is 6.18 Å². The number of halogens is 3. The Labute approximate surface area is 159 Å². The average molecular weight is 383 g/mol. The molecule has 28 heavy (non-hydrogen) atoms. The predicted octanol–water partition coefficient (Wildman–Crippen LogP) is 5.49. The van der Waals surface area contributed by atoms with Crippen molar-refractivity contribution in [2.24, 2.45) is 5.10 Å². The zero-order valence-electron chi connectivity index (χ0n) is 14.9. The molecule has 0 radical (unpaired) electrons. The lowest BCUT2D eigenvalue weighted by molar-refractivity contribution is -0.137. The number of anilines is 3. The number of hydrazone groups is 1. The monoisotopic (exact) mass is 383 g/mol. The van der Waals surface area contributed by atoms with Crippen molar-refractivity contribution in [3.05, 3.63) is 66.0 Å². The van der Waals surface area contributed by atoms with E-state index in [1.54, 1.807) is 6.20 Å². The fourth-order valence-corrected chi connectivity index (χ4v) is 2.98. The molecule has 0 saturated heterocycles. The maximum absolute atomic E-state index is 12.7. The maximum Gasteiger partial charge on any atom is 0.416 e. The molecule has 0 unspecified atom stereocenters. The van der Waals surface area contributed by atoms with Crippen molar-refractivity contribution >= 4 is 34.2 Å². The van der Waals surface area contributed by atoms with Crippen LogP contribution in [0.15, 0.2) is 65.5 Å². The van der Waals surface area contributed by atoms with E-state index in [1.807, 2.05) is 36.3 Å². The molecule has 1 aliphatic heterocycles. The second-order valence-corrected chi connectivity index (χ2v) is 6.36. The molecule has 1 N–H and O–H groups in total. The van der Waals surface area contributed by atoms with Gasteiger partial charge in [-0.3, -0.25) is 0 Å². The summed E-state index contributed by atoms with van der Waals surface area (Å²) in [7, 11) is 0. The fourth-order valence-electron chi connectivity index (χ4n) is 2.98. The van der Waals surface area contributed by atoms with Crippen LogP contribution >= 0.6 is 0 Å². The highest BCUT2D eigenvalue weighted by molar-refractivity contribution is 5.94. The molecule has 8 heteroatoms. The molecular formula is C20H16F3N5. The van der Waals surface area contributed by atoms with E-state index in [4.69, 9.17) is 0 Å². The van der Waals surface area contributed by atoms with Crippen LogP contribution in [0.25, 0.3) is 10.8 Å². The molecule has 0 aliphatic carbocycles. The first kappa shape index (κ1) is 18.0. The lowest BCUT2D eigenvalue weighted by Crippen LogP contribution is -2.16. The largest absolute Gasteiger partial charge is 0.416 e. The number of aromatic nitrogens is 2. The zero-order chi connectivity index (χ0) is 19.7. The second-order valence-electron chi connectivity index (χ2n) is 6.36. The predicted molar refractivity (Wildman–Crippen MR) is 104 cm³/mol. The van der Waals surface area contributed by atoms with Gasteiger partial charge in [-0.2, -0.15) is 23.4 Å². The Kier molecular flexibility index (Phi) is 4.46. The van der Waals surface area contributed by atoms with Crippen molar-refractivity contribution < 1.29 is 13.2 Å². The van der Waals surface area contributed by atoms with Crippen LogP contribution in [0, 0.1) is 0 Å². The van der Waals surface area contributed by atoms with Crippen molar-refractivity contribution in [3.8, 4) is 0 Å². The number of fused-ring (bicyclic) bond motifs is 1. The molecular weight excluding hydrogens is 367 g/mol. The highest BCUT2D eigenvalue weighted by atomic mass is 19.4. The second kappa shape index (κ2) is 6.95. The van der Waals surface area contributed by atoms with E-state index in [-0.39, 0.29) is 0 Å². The summed E-state index contributed by atoms with van der Waals surface area (Å²) in [6.07, 6.45) is 2.00. The molecule has 0 atom stereocenters. The van der Waals surface area contributed by atoms with E-state index in [9.17, 15) is 13.2 Å². The average Bonchev–Trinajstić information content (AvgIpc) is 2.68. The molecule has 0 saturated carbocycles. The van der Waals surface area contributed by atoms with Gasteiger partial charge in [0, 0.05) is 34.8 Å². The smallest absolute Gasteiger partial charge is 0.338 e. The highest BCUT2D eigenvalue weighted by Crippen LogP contribution is 2.32. The van der Waals surface area contributed by atoms with Gasteiger partial charge < -0.3 is 5.32 Å². The van der Waals surface area contributed by atoms with Crippen molar-refractivity contribution in [2.75, 3.05) is 10.3 Å². The number of benzene rings is 2. The van der Waals surface area contributed by atoms with Crippen LogP contribution in [0.4, 0.5) is 30.4 Å². The summed E-state index contributed by atoms with van der Waals surface area (Å²) in [5.41, 5.74) is 1.73. The first-order valence-electron chi connectivity index (χ1n) is 8.61. The molecule has 3 aromatic rings. The van der Waals surface area contributed by atoms with Crippen molar-refractivity contribution in [3.63, 3.8) is 0 Å². The Morgan fingerprint density at radius 3 is 2.57 bits per heavy atom. The Bertz CT molecular complexity index is 1070. The SMILES string of the molecule is CC1=CCC=NN1c1ccc2c(Nc3ccc(C(F)(F)F)cc3)nncc2c1. The Balaban J connectivity index is 1.64. The molecule has 0 fully saturated rings. The number of nitrogens with one attached hydrogen (secondary N) is 1. The van der Waals surface area contributed by atoms with Gasteiger partial charge in [-0.25, -0.2) is 5.01 Å². The van der Waals surface area contributed by atoms with E-state index < -0.39 is 11.7 Å². The number of rotatable bonds is 3. The molecule has 4 rings (SSSR count). The molecule has 2 heterocycles. The third kappa shape index (κ3) is 3.53. The summed E-state index contributed by atoms with van der Waals surface area (Å²) >= 11 is 0. The van der Waals surface area contributed by atoms with Gasteiger partial charge in [0.15, 0.2) is 5.82 Å². The normalized spacial score (nSPS) is 14.3. The van der Waals surface area contributed by atoms with Gasteiger partial charge in [0.25, 0.3) is 0 Å². The minimum Gasteiger partial charge on any atom is -0.338 e. The van der Waals surface area contributed by atoms with Crippen LogP contribution in [0.3, 0.4) is 0 Å². The highest BCUT2D eigenvalue weighted by Gasteiger charge is 2.29. The van der Waals surface area contributed by atoms with Gasteiger partial charge in [0.2, 0.25) is 0 Å². The van der Waals surface area contributed by atoms with Crippen LogP contribution in [0.5, 0.6) is 0 Å². The molecule has 2 aromatic carbocycles. The standard InChI is InChI=1S/C20H16F3N5/c1-13-3-2-10-25-28(13)17-8-9-18-14(11-17)12-24-27-19(18)26-16-6-4-15(5-7-16)20(21,22)23/h3-12H,2H2,1H3,(H,26,27). The summed E-state index contributed by atoms with van der Waals surface area (Å²) in [4.78, 5) is 0. The Hall–Kier alpha value is -3.42. The minimum absolute atomic E-state index is 0.471. The van der Waals surface area contributed by atoms with Gasteiger partial charge in [-0.05, 0) is 49.4 Å². The third-order valence-corrected chi connectivity index (χ3v) is 4.41. The molecule has 0 bridgehead atoms. The Morgan fingerprint density at radius 2 is 1.86 bits per heavy atom. The quantitative estimate of drug-likeness (QED) is 0.650. The van der Waals surface area contributed by atoms with E-state index in [1.165, 1.54) is 12.1 Å². The van der Waals surface area contributed by atoms with Gasteiger partial charge in [0.05, 0.1) is 17.4 Å². The molecule has 142 valence electrons. The van der Waals surface area contributed by atoms with Crippen LogP contribution in [0.1, 0.15) is 18.9 Å². The number of alkyl halides is 3. The number of allylic oxidation sites excluding steroid dienone is 2. The summed E-state index contributed by atoms with van der Waals surface area (Å²) in [5, 5.41) is 19.0. The van der Waals surface area contributed by atoms with Crippen LogP contribution < -0.4 is 10.3 Å². The van der Waals surface area contributed by atoms with E-state index >= 15 is 0 Å². The summed E-state index contributed by atoms with van der Waals surface area (Å²) in [5.74, 6) is 0.471. The number of hydrogen-bond donors (Lipinski definition) is 1. The molecule has 1 aromatic heterocycles. The fraction of sp³-hybridized carbons (Fsp3) is 0.150. The maximum atomic E-state index is 12.7. The summed E-state index contributed by atoms with van der Waals surface area (Å²) in [6.45, 7) is 1.99. The van der Waals surface area contributed by atoms with Gasteiger partial charge in [-0.1, -0.05) is 6.08 Å². The minimum atomic E-state index is -4.36. The zero-order valence-corrected chi connectivity index (χ0v) is 14.9. The van der Waals surface area contributed by atoms with Crippen molar-refractivity contribution in [2.45, 2.75) is 19.5 Å². The van der Waals surface area contributed by atoms with Gasteiger partial charge in [0.1, 0.15) is 0 Å². The van der Waals surface area contributed by atoms with Gasteiger partial charge >= 0.3 is 6.18 Å². The van der Waals surface area contributed by atoms with Crippen LogP contribution in [-0.4, -0.2) is 16.4 Å². The van der Waals surface area contributed by atoms with Crippen LogP contribution in [0.2, 0.25) is 0 Å². The number of nitrogens with zero attached hydrogens (tertiary/aromatic N) is 4. The van der Waals surface area contributed by atoms with Crippen molar-refractivity contribution in [1.29, 1.82) is 0 Å². The topological polar surface area (TPSA) is 53.4 Å². The lowest BCUT2D eigenvalue weighted by atomic mass is 10.1. The number of hydrogen-bond acceptors (Lipinski definition) is 5. The van der Waals surface area contributed by atoms with Crippen molar-refractivity contribution in [1.82, 2.24) is 10.2 Å². The molecule has 5 nitrogen and oxygen atoms in total. The van der Waals surface area contributed by atoms with E-state index in [2.05, 4.69) is 26.7 Å². The van der Waals surface area contributed by atoms with Gasteiger partial charge in [-0.15, -0.1) is 5.10 Å². The third-order valence-electron chi connectivity index (χ3n) is 4.41. The molecule has 0 spiro atoms. The summed E-state index contributed by atoms with van der Waals surface area (Å²) < 4.78 is 38.1. The van der Waals surface area contributed by atoms with E-state index in [0.29, 0.717) is 11.5 Å². The summed E-state index contributed by atoms with van der Waals surface area (Å²) in [6, 6.07) is 10.6. The van der Waals surface area contributed by atoms with E-state index in [0.717, 1.165) is 40.7 Å².